The predicted molar refractivity (Wildman–Crippen MR) is 119 cm³/mol. The lowest BCUT2D eigenvalue weighted by Crippen LogP contribution is -2.37. The minimum Gasteiger partial charge on any atom is -0.494 e. The Hall–Kier alpha value is -3.04. The number of aryl methyl sites for hydroxylation is 1. The lowest BCUT2D eigenvalue weighted by Gasteiger charge is -2.22. The van der Waals surface area contributed by atoms with Crippen LogP contribution in [-0.2, 0) is 0 Å². The first kappa shape index (κ1) is 21.7. The number of nitro benzene ring substituents is 1. The second-order valence-electron chi connectivity index (χ2n) is 7.23. The standard InChI is InChI=1S/C21H24N4O4S/c1-13-9-10-17(29-5)18-19(13)30-21(22-18)24(12-11-23(3)4)20(26)15-7-6-8-16(14(15)2)25(27)28/h6-10H,11-12H2,1-5H3. The van der Waals surface area contributed by atoms with Gasteiger partial charge in [0, 0.05) is 30.3 Å². The van der Waals surface area contributed by atoms with Crippen LogP contribution in [0.5, 0.6) is 5.75 Å². The molecule has 8 nitrogen and oxygen atoms in total. The fourth-order valence-electron chi connectivity index (χ4n) is 3.16. The number of hydrogen-bond donors (Lipinski definition) is 0. The quantitative estimate of drug-likeness (QED) is 0.417. The predicted octanol–water partition coefficient (Wildman–Crippen LogP) is 4.04. The van der Waals surface area contributed by atoms with Crippen LogP contribution in [0.4, 0.5) is 10.8 Å². The van der Waals surface area contributed by atoms with Gasteiger partial charge in [-0.3, -0.25) is 19.8 Å². The summed E-state index contributed by atoms with van der Waals surface area (Å²) >= 11 is 1.41. The Balaban J connectivity index is 2.11. The molecule has 9 heteroatoms. The van der Waals surface area contributed by atoms with E-state index < -0.39 is 4.92 Å². The number of amides is 1. The number of carbonyl (C=O) groups is 1. The molecule has 3 rings (SSSR count). The van der Waals surface area contributed by atoms with Crippen molar-refractivity contribution in [2.45, 2.75) is 13.8 Å². The number of anilines is 1. The molecule has 0 spiro atoms. The number of fused-ring (bicyclic) bond motifs is 1. The number of ether oxygens (including phenoxy) is 1. The molecule has 3 aromatic rings. The van der Waals surface area contributed by atoms with Crippen LogP contribution in [0, 0.1) is 24.0 Å². The number of rotatable bonds is 7. The maximum atomic E-state index is 13.5. The molecule has 0 radical (unpaired) electrons. The number of benzene rings is 2. The molecule has 30 heavy (non-hydrogen) atoms. The third-order valence-corrected chi connectivity index (χ3v) is 6.10. The molecule has 0 aliphatic heterocycles. The van der Waals surface area contributed by atoms with Crippen molar-refractivity contribution in [3.05, 3.63) is 57.1 Å². The second-order valence-corrected chi connectivity index (χ2v) is 8.20. The highest BCUT2D eigenvalue weighted by atomic mass is 32.1. The molecule has 0 aliphatic rings. The summed E-state index contributed by atoms with van der Waals surface area (Å²) in [6.45, 7) is 4.60. The molecule has 0 fully saturated rings. The Morgan fingerprint density at radius 2 is 1.93 bits per heavy atom. The molecule has 0 unspecified atom stereocenters. The Morgan fingerprint density at radius 3 is 2.57 bits per heavy atom. The van der Waals surface area contributed by atoms with Gasteiger partial charge in [0.25, 0.3) is 11.6 Å². The Kier molecular flexibility index (Phi) is 6.33. The van der Waals surface area contributed by atoms with E-state index >= 15 is 0 Å². The zero-order valence-electron chi connectivity index (χ0n) is 17.6. The Bertz CT molecular complexity index is 1110. The van der Waals surface area contributed by atoms with Gasteiger partial charge in [-0.2, -0.15) is 0 Å². The minimum atomic E-state index is -0.470. The summed E-state index contributed by atoms with van der Waals surface area (Å²) in [7, 11) is 5.43. The highest BCUT2D eigenvalue weighted by Gasteiger charge is 2.26. The van der Waals surface area contributed by atoms with Gasteiger partial charge in [0.05, 0.1) is 16.7 Å². The first-order valence-corrected chi connectivity index (χ1v) is 10.2. The van der Waals surface area contributed by atoms with E-state index in [1.807, 2.05) is 38.1 Å². The van der Waals surface area contributed by atoms with Gasteiger partial charge in [0.15, 0.2) is 5.13 Å². The summed E-state index contributed by atoms with van der Waals surface area (Å²) in [5.41, 5.74) is 2.32. The fourth-order valence-corrected chi connectivity index (χ4v) is 4.24. The molecule has 1 aromatic heterocycles. The van der Waals surface area contributed by atoms with Crippen LogP contribution in [0.15, 0.2) is 30.3 Å². The number of carbonyl (C=O) groups excluding carboxylic acids is 1. The van der Waals surface area contributed by atoms with E-state index in [1.54, 1.807) is 25.0 Å². The highest BCUT2D eigenvalue weighted by Crippen LogP contribution is 2.37. The van der Waals surface area contributed by atoms with E-state index in [-0.39, 0.29) is 11.6 Å². The Labute approximate surface area is 178 Å². The monoisotopic (exact) mass is 428 g/mol. The number of hydrogen-bond acceptors (Lipinski definition) is 7. The lowest BCUT2D eigenvalue weighted by molar-refractivity contribution is -0.385. The SMILES string of the molecule is COc1ccc(C)c2sc(N(CCN(C)C)C(=O)c3cccc([N+](=O)[O-])c3C)nc12. The first-order valence-electron chi connectivity index (χ1n) is 9.39. The molecule has 2 aromatic carbocycles. The summed E-state index contributed by atoms with van der Waals surface area (Å²) in [5, 5.41) is 11.9. The van der Waals surface area contributed by atoms with Gasteiger partial charge in [-0.05, 0) is 45.6 Å². The molecule has 0 bridgehead atoms. The summed E-state index contributed by atoms with van der Waals surface area (Å²) in [6.07, 6.45) is 0. The van der Waals surface area contributed by atoms with E-state index in [4.69, 9.17) is 9.72 Å². The highest BCUT2D eigenvalue weighted by molar-refractivity contribution is 7.22. The average molecular weight is 429 g/mol. The molecular formula is C21H24N4O4S. The van der Waals surface area contributed by atoms with E-state index in [0.29, 0.717) is 40.6 Å². The number of thiazole rings is 1. The molecular weight excluding hydrogens is 404 g/mol. The van der Waals surface area contributed by atoms with Gasteiger partial charge in [0.1, 0.15) is 11.3 Å². The maximum absolute atomic E-state index is 13.5. The number of nitro groups is 1. The number of likely N-dealkylation sites (N-methyl/N-ethyl adjacent to an activating group) is 1. The zero-order chi connectivity index (χ0) is 22.0. The number of nitrogens with zero attached hydrogens (tertiary/aromatic N) is 4. The molecule has 1 amide bonds. The van der Waals surface area contributed by atoms with Crippen LogP contribution in [0.2, 0.25) is 0 Å². The van der Waals surface area contributed by atoms with Crippen molar-refractivity contribution in [3.8, 4) is 5.75 Å². The minimum absolute atomic E-state index is 0.0739. The molecule has 0 N–H and O–H groups in total. The van der Waals surface area contributed by atoms with E-state index in [9.17, 15) is 14.9 Å². The van der Waals surface area contributed by atoms with Crippen molar-refractivity contribution >= 4 is 38.3 Å². The number of aromatic nitrogens is 1. The Morgan fingerprint density at radius 1 is 1.20 bits per heavy atom. The molecule has 1 heterocycles. The normalized spacial score (nSPS) is 11.1. The maximum Gasteiger partial charge on any atom is 0.273 e. The lowest BCUT2D eigenvalue weighted by atomic mass is 10.1. The third-order valence-electron chi connectivity index (χ3n) is 4.89. The molecule has 158 valence electrons. The first-order chi connectivity index (χ1) is 14.2. The summed E-state index contributed by atoms with van der Waals surface area (Å²) in [6, 6.07) is 8.38. The van der Waals surface area contributed by atoms with E-state index in [0.717, 1.165) is 10.3 Å². The van der Waals surface area contributed by atoms with Crippen LogP contribution in [0.1, 0.15) is 21.5 Å². The fraction of sp³-hybridized carbons (Fsp3) is 0.333. The van der Waals surface area contributed by atoms with Gasteiger partial charge in [-0.1, -0.05) is 23.5 Å². The zero-order valence-corrected chi connectivity index (χ0v) is 18.4. The summed E-state index contributed by atoms with van der Waals surface area (Å²) in [5.74, 6) is 0.332. The van der Waals surface area contributed by atoms with E-state index in [2.05, 4.69) is 0 Å². The topological polar surface area (TPSA) is 88.8 Å². The van der Waals surface area contributed by atoms with Crippen molar-refractivity contribution < 1.29 is 14.5 Å². The van der Waals surface area contributed by atoms with Crippen molar-refractivity contribution in [2.75, 3.05) is 39.2 Å². The summed E-state index contributed by atoms with van der Waals surface area (Å²) in [4.78, 5) is 32.6. The van der Waals surface area contributed by atoms with Gasteiger partial charge >= 0.3 is 0 Å². The van der Waals surface area contributed by atoms with Crippen LogP contribution in [0.3, 0.4) is 0 Å². The largest absolute Gasteiger partial charge is 0.494 e. The smallest absolute Gasteiger partial charge is 0.273 e. The van der Waals surface area contributed by atoms with Crippen LogP contribution in [0.25, 0.3) is 10.2 Å². The van der Waals surface area contributed by atoms with E-state index in [1.165, 1.54) is 23.5 Å². The van der Waals surface area contributed by atoms with Gasteiger partial charge in [-0.25, -0.2) is 4.98 Å². The van der Waals surface area contributed by atoms with Gasteiger partial charge < -0.3 is 9.64 Å². The molecule has 0 atom stereocenters. The van der Waals surface area contributed by atoms with Gasteiger partial charge in [-0.15, -0.1) is 0 Å². The van der Waals surface area contributed by atoms with Crippen molar-refractivity contribution in [1.29, 1.82) is 0 Å². The average Bonchev–Trinajstić information content (AvgIpc) is 3.14. The molecule has 0 saturated carbocycles. The molecule has 0 aliphatic carbocycles. The van der Waals surface area contributed by atoms with Gasteiger partial charge in [0.2, 0.25) is 0 Å². The third kappa shape index (κ3) is 4.12. The number of methoxy groups -OCH3 is 1. The molecule has 0 saturated heterocycles. The van der Waals surface area contributed by atoms with Crippen LogP contribution < -0.4 is 9.64 Å². The summed E-state index contributed by atoms with van der Waals surface area (Å²) < 4.78 is 6.38. The van der Waals surface area contributed by atoms with Crippen molar-refractivity contribution in [3.63, 3.8) is 0 Å². The van der Waals surface area contributed by atoms with Crippen molar-refractivity contribution in [1.82, 2.24) is 9.88 Å². The van der Waals surface area contributed by atoms with Crippen LogP contribution in [-0.4, -0.2) is 55.0 Å². The van der Waals surface area contributed by atoms with Crippen LogP contribution >= 0.6 is 11.3 Å². The van der Waals surface area contributed by atoms with Crippen molar-refractivity contribution in [2.24, 2.45) is 0 Å². The second kappa shape index (κ2) is 8.76.